The molecule has 0 aliphatic rings. The van der Waals surface area contributed by atoms with E-state index in [0.29, 0.717) is 18.1 Å². The van der Waals surface area contributed by atoms with E-state index in [1.807, 2.05) is 48.7 Å². The summed E-state index contributed by atoms with van der Waals surface area (Å²) >= 11 is 0. The predicted octanol–water partition coefficient (Wildman–Crippen LogP) is 2.07. The third-order valence-corrected chi connectivity index (χ3v) is 3.69. The molecule has 0 bridgehead atoms. The minimum absolute atomic E-state index is 0.218. The highest BCUT2D eigenvalue weighted by molar-refractivity contribution is 6.04. The number of nitrogens with one attached hydrogen (secondary N) is 2. The molecule has 2 N–H and O–H groups in total. The highest BCUT2D eigenvalue weighted by atomic mass is 16.1. The summed E-state index contributed by atoms with van der Waals surface area (Å²) in [6.45, 7) is 0.386. The second-order valence-corrected chi connectivity index (χ2v) is 5.27. The maximum atomic E-state index is 12.4. The number of carbonyl (C=O) groups is 1. The van der Waals surface area contributed by atoms with Crippen molar-refractivity contribution in [3.63, 3.8) is 0 Å². The molecule has 0 unspecified atom stereocenters. The van der Waals surface area contributed by atoms with Crippen LogP contribution in [0.15, 0.2) is 61.1 Å². The van der Waals surface area contributed by atoms with Crippen molar-refractivity contribution in [2.24, 2.45) is 0 Å². The first-order valence-electron chi connectivity index (χ1n) is 7.47. The van der Waals surface area contributed by atoms with Crippen molar-refractivity contribution in [2.75, 3.05) is 0 Å². The third kappa shape index (κ3) is 2.63. The highest BCUT2D eigenvalue weighted by Gasteiger charge is 2.13. The number of aromatic amines is 1. The van der Waals surface area contributed by atoms with Gasteiger partial charge in [0.2, 0.25) is 0 Å². The van der Waals surface area contributed by atoms with Crippen LogP contribution in [-0.2, 0) is 6.54 Å². The lowest BCUT2D eigenvalue weighted by molar-refractivity contribution is 0.0947. The topological polar surface area (TPSA) is 88.5 Å². The van der Waals surface area contributed by atoms with E-state index in [2.05, 4.69) is 25.6 Å². The van der Waals surface area contributed by atoms with E-state index in [1.165, 1.54) is 0 Å². The lowest BCUT2D eigenvalue weighted by Gasteiger charge is -2.06. The number of pyridine rings is 1. The van der Waals surface area contributed by atoms with Gasteiger partial charge in [-0.2, -0.15) is 10.2 Å². The van der Waals surface area contributed by atoms with Gasteiger partial charge in [0.05, 0.1) is 5.52 Å². The Morgan fingerprint density at radius 1 is 1.17 bits per heavy atom. The molecule has 4 rings (SSSR count). The van der Waals surface area contributed by atoms with Crippen molar-refractivity contribution in [3.05, 3.63) is 72.3 Å². The molecule has 1 aromatic carbocycles. The number of para-hydroxylation sites is 1. The summed E-state index contributed by atoms with van der Waals surface area (Å²) in [5.74, 6) is 0.488. The van der Waals surface area contributed by atoms with Crippen LogP contribution in [0.5, 0.6) is 0 Å². The van der Waals surface area contributed by atoms with Crippen LogP contribution in [0.2, 0.25) is 0 Å². The molecule has 0 spiro atoms. The minimum atomic E-state index is -0.218. The Morgan fingerprint density at radius 3 is 2.96 bits per heavy atom. The van der Waals surface area contributed by atoms with E-state index in [1.54, 1.807) is 17.1 Å². The molecule has 7 heteroatoms. The molecular formula is C17H14N6O. The summed E-state index contributed by atoms with van der Waals surface area (Å²) in [6.07, 6.45) is 5.21. The van der Waals surface area contributed by atoms with Crippen LogP contribution in [0.25, 0.3) is 16.7 Å². The number of nitrogens with zero attached hydrogens (tertiary/aromatic N) is 4. The molecule has 0 fully saturated rings. The zero-order valence-corrected chi connectivity index (χ0v) is 12.7. The molecule has 7 nitrogen and oxygen atoms in total. The lowest BCUT2D eigenvalue weighted by atomic mass is 10.2. The number of hydrogen-bond donors (Lipinski definition) is 2. The van der Waals surface area contributed by atoms with E-state index >= 15 is 0 Å². The Kier molecular flexibility index (Phi) is 3.51. The van der Waals surface area contributed by atoms with Crippen molar-refractivity contribution in [3.8, 4) is 5.82 Å². The Hall–Kier alpha value is -3.48. The van der Waals surface area contributed by atoms with Crippen LogP contribution in [0.1, 0.15) is 16.1 Å². The molecule has 0 atom stereocenters. The molecule has 3 heterocycles. The summed E-state index contributed by atoms with van der Waals surface area (Å²) < 4.78 is 1.67. The largest absolute Gasteiger partial charge is 0.347 e. The van der Waals surface area contributed by atoms with Crippen molar-refractivity contribution < 1.29 is 4.79 Å². The summed E-state index contributed by atoms with van der Waals surface area (Å²) in [6, 6.07) is 13.1. The molecule has 4 aromatic rings. The van der Waals surface area contributed by atoms with Gasteiger partial charge in [-0.25, -0.2) is 9.67 Å². The zero-order valence-electron chi connectivity index (χ0n) is 12.7. The second kappa shape index (κ2) is 5.96. The number of hydrogen-bond acceptors (Lipinski definition) is 4. The first-order chi connectivity index (χ1) is 11.8. The van der Waals surface area contributed by atoms with Gasteiger partial charge in [-0.15, -0.1) is 0 Å². The molecule has 0 radical (unpaired) electrons. The zero-order chi connectivity index (χ0) is 16.4. The fourth-order valence-electron chi connectivity index (χ4n) is 2.50. The van der Waals surface area contributed by atoms with Crippen LogP contribution in [0.3, 0.4) is 0 Å². The summed E-state index contributed by atoms with van der Waals surface area (Å²) in [7, 11) is 0. The van der Waals surface area contributed by atoms with Gasteiger partial charge in [-0.1, -0.05) is 18.2 Å². The molecule has 118 valence electrons. The average Bonchev–Trinajstić information content (AvgIpc) is 3.29. The molecule has 24 heavy (non-hydrogen) atoms. The molecule has 0 aliphatic carbocycles. The Bertz CT molecular complexity index is 989. The minimum Gasteiger partial charge on any atom is -0.347 e. The quantitative estimate of drug-likeness (QED) is 0.603. The lowest BCUT2D eigenvalue weighted by Crippen LogP contribution is -2.23. The van der Waals surface area contributed by atoms with Gasteiger partial charge in [-0.3, -0.25) is 9.89 Å². The highest BCUT2D eigenvalue weighted by Crippen LogP contribution is 2.15. The van der Waals surface area contributed by atoms with Crippen LogP contribution in [-0.4, -0.2) is 30.9 Å². The smallest absolute Gasteiger partial charge is 0.272 e. The van der Waals surface area contributed by atoms with Gasteiger partial charge >= 0.3 is 0 Å². The number of benzene rings is 1. The Morgan fingerprint density at radius 2 is 2.08 bits per heavy atom. The summed E-state index contributed by atoms with van der Waals surface area (Å²) in [4.78, 5) is 16.7. The molecule has 0 saturated heterocycles. The molecule has 0 saturated carbocycles. The van der Waals surface area contributed by atoms with Crippen molar-refractivity contribution in [1.82, 2.24) is 30.3 Å². The summed E-state index contributed by atoms with van der Waals surface area (Å²) in [5.41, 5.74) is 2.17. The molecule has 3 aromatic heterocycles. The number of H-pyrrole nitrogens is 1. The molecule has 0 aliphatic heterocycles. The van der Waals surface area contributed by atoms with Gasteiger partial charge in [0.15, 0.2) is 11.5 Å². The second-order valence-electron chi connectivity index (χ2n) is 5.27. The van der Waals surface area contributed by atoms with Crippen LogP contribution < -0.4 is 5.32 Å². The van der Waals surface area contributed by atoms with E-state index in [0.717, 1.165) is 16.5 Å². The third-order valence-electron chi connectivity index (χ3n) is 3.69. The van der Waals surface area contributed by atoms with Crippen LogP contribution >= 0.6 is 0 Å². The van der Waals surface area contributed by atoms with Crippen molar-refractivity contribution >= 4 is 16.8 Å². The fourth-order valence-corrected chi connectivity index (χ4v) is 2.50. The Balaban J connectivity index is 1.51. The van der Waals surface area contributed by atoms with E-state index in [-0.39, 0.29) is 5.91 Å². The maximum Gasteiger partial charge on any atom is 0.272 e. The first-order valence-corrected chi connectivity index (χ1v) is 7.47. The van der Waals surface area contributed by atoms with Gasteiger partial charge in [0, 0.05) is 30.5 Å². The average molecular weight is 318 g/mol. The van der Waals surface area contributed by atoms with Crippen molar-refractivity contribution in [1.29, 1.82) is 0 Å². The van der Waals surface area contributed by atoms with E-state index in [9.17, 15) is 4.79 Å². The molecule has 1 amide bonds. The van der Waals surface area contributed by atoms with Gasteiger partial charge in [-0.05, 0) is 29.8 Å². The summed E-state index contributed by atoms with van der Waals surface area (Å²) in [5, 5.41) is 14.8. The monoisotopic (exact) mass is 318 g/mol. The van der Waals surface area contributed by atoms with Crippen LogP contribution in [0.4, 0.5) is 0 Å². The maximum absolute atomic E-state index is 12.4. The van der Waals surface area contributed by atoms with Crippen molar-refractivity contribution in [2.45, 2.75) is 6.54 Å². The van der Waals surface area contributed by atoms with Gasteiger partial charge < -0.3 is 5.32 Å². The fraction of sp³-hybridized carbons (Fsp3) is 0.0588. The van der Waals surface area contributed by atoms with Crippen LogP contribution in [0, 0.1) is 0 Å². The number of rotatable bonds is 4. The SMILES string of the molecule is O=C(NCc1ccnc(-n2cccn2)c1)c1n[nH]c2ccccc12. The van der Waals surface area contributed by atoms with E-state index in [4.69, 9.17) is 0 Å². The van der Waals surface area contributed by atoms with Gasteiger partial charge in [0.1, 0.15) is 0 Å². The predicted molar refractivity (Wildman–Crippen MR) is 88.6 cm³/mol. The van der Waals surface area contributed by atoms with E-state index < -0.39 is 0 Å². The number of aromatic nitrogens is 5. The normalized spacial score (nSPS) is 10.8. The first kappa shape index (κ1) is 14.1. The molecular weight excluding hydrogens is 304 g/mol. The number of amides is 1. The van der Waals surface area contributed by atoms with Gasteiger partial charge in [0.25, 0.3) is 5.91 Å². The number of fused-ring (bicyclic) bond motifs is 1. The Labute approximate surface area is 137 Å². The number of carbonyl (C=O) groups excluding carboxylic acids is 1. The standard InChI is InChI=1S/C17H14N6O/c24-17(16-13-4-1-2-5-14(13)21-22-16)19-11-12-6-8-18-15(10-12)23-9-3-7-20-23/h1-10H,11H2,(H,19,24)(H,21,22).